The molecule has 184 valence electrons. The molecule has 3 aromatic rings. The van der Waals surface area contributed by atoms with Gasteiger partial charge in [0.25, 0.3) is 11.1 Å². The fourth-order valence-electron chi connectivity index (χ4n) is 3.37. The molecule has 0 bridgehead atoms. The maximum Gasteiger partial charge on any atom is 0.420 e. The first kappa shape index (κ1) is 24.9. The Hall–Kier alpha value is -4.24. The van der Waals surface area contributed by atoms with E-state index < -0.39 is 28.6 Å². The normalized spacial score (nSPS) is 14.9. The molecular formula is C24H17F3N4O4S. The van der Waals surface area contributed by atoms with Crippen molar-refractivity contribution < 1.29 is 32.2 Å². The van der Waals surface area contributed by atoms with Gasteiger partial charge in [-0.2, -0.15) is 18.4 Å². The van der Waals surface area contributed by atoms with E-state index in [0.29, 0.717) is 18.2 Å². The highest BCUT2D eigenvalue weighted by Crippen LogP contribution is 2.41. The van der Waals surface area contributed by atoms with Gasteiger partial charge in [-0.1, -0.05) is 6.07 Å². The van der Waals surface area contributed by atoms with Crippen molar-refractivity contribution in [3.63, 3.8) is 0 Å². The Morgan fingerprint density at radius 1 is 1.11 bits per heavy atom. The summed E-state index contributed by atoms with van der Waals surface area (Å²) >= 11 is 0.792. The average molecular weight is 514 g/mol. The van der Waals surface area contributed by atoms with Gasteiger partial charge in [-0.15, -0.1) is 0 Å². The average Bonchev–Trinajstić information content (AvgIpc) is 3.46. The first-order valence-electron chi connectivity index (χ1n) is 10.4. The molecule has 2 aromatic carbocycles. The number of nitrogens with zero attached hydrogens (tertiary/aromatic N) is 4. The summed E-state index contributed by atoms with van der Waals surface area (Å²) in [5, 5.41) is 8.52. The molecular weight excluding hydrogens is 497 g/mol. The number of rotatable bonds is 7. The van der Waals surface area contributed by atoms with E-state index in [-0.39, 0.29) is 28.5 Å². The van der Waals surface area contributed by atoms with Crippen LogP contribution in [0.5, 0.6) is 17.2 Å². The van der Waals surface area contributed by atoms with Crippen molar-refractivity contribution in [3.8, 4) is 23.3 Å². The molecule has 1 saturated heterocycles. The minimum Gasteiger partial charge on any atom is -0.493 e. The number of ether oxygens (including phenoxy) is 2. The number of halogens is 3. The number of amides is 2. The largest absolute Gasteiger partial charge is 0.493 e. The van der Waals surface area contributed by atoms with E-state index >= 15 is 0 Å². The van der Waals surface area contributed by atoms with Crippen molar-refractivity contribution in [2.45, 2.75) is 12.7 Å². The van der Waals surface area contributed by atoms with E-state index in [0.717, 1.165) is 22.7 Å². The topological polar surface area (TPSA) is 97.5 Å². The van der Waals surface area contributed by atoms with Gasteiger partial charge >= 0.3 is 6.18 Å². The minimum atomic E-state index is -4.74. The summed E-state index contributed by atoms with van der Waals surface area (Å²) in [6.45, 7) is 0.584. The molecule has 1 aromatic heterocycles. The monoisotopic (exact) mass is 514 g/mol. The molecule has 12 heteroatoms. The van der Waals surface area contributed by atoms with E-state index in [1.807, 2.05) is 0 Å². The van der Waals surface area contributed by atoms with Crippen LogP contribution >= 0.6 is 11.8 Å². The zero-order valence-electron chi connectivity index (χ0n) is 18.7. The Morgan fingerprint density at radius 3 is 2.56 bits per heavy atom. The molecule has 0 aliphatic carbocycles. The molecule has 8 nitrogen and oxygen atoms in total. The Balaban J connectivity index is 1.55. The van der Waals surface area contributed by atoms with Crippen molar-refractivity contribution in [2.24, 2.45) is 0 Å². The number of hydrogen-bond donors (Lipinski definition) is 0. The maximum absolute atomic E-state index is 13.5. The molecule has 0 atom stereocenters. The number of hydrogen-bond acceptors (Lipinski definition) is 7. The Morgan fingerprint density at radius 2 is 1.89 bits per heavy atom. The molecule has 0 spiro atoms. The number of imidazole rings is 1. The Bertz CT molecular complexity index is 1380. The van der Waals surface area contributed by atoms with Crippen LogP contribution in [0.1, 0.15) is 16.7 Å². The number of imide groups is 1. The fraction of sp³-hybridized carbons (Fsp3) is 0.167. The predicted octanol–water partition coefficient (Wildman–Crippen LogP) is 5.31. The van der Waals surface area contributed by atoms with E-state index in [9.17, 15) is 22.8 Å². The van der Waals surface area contributed by atoms with Crippen LogP contribution in [0, 0.1) is 11.3 Å². The summed E-state index contributed by atoms with van der Waals surface area (Å²) in [7, 11) is 1.32. The summed E-state index contributed by atoms with van der Waals surface area (Å²) in [5.41, 5.74) is -0.775. The summed E-state index contributed by atoms with van der Waals surface area (Å²) < 4.78 is 52.9. The van der Waals surface area contributed by atoms with Crippen LogP contribution in [0.3, 0.4) is 0 Å². The lowest BCUT2D eigenvalue weighted by Crippen LogP contribution is -2.31. The first-order valence-corrected chi connectivity index (χ1v) is 11.2. The second-order valence-corrected chi connectivity index (χ2v) is 8.46. The Kier molecular flexibility index (Phi) is 7.03. The summed E-state index contributed by atoms with van der Waals surface area (Å²) in [5.74, 6) is -0.831. The number of benzene rings is 2. The molecule has 1 aliphatic rings. The van der Waals surface area contributed by atoms with Crippen molar-refractivity contribution in [2.75, 3.05) is 13.7 Å². The fourth-order valence-corrected chi connectivity index (χ4v) is 4.23. The van der Waals surface area contributed by atoms with Gasteiger partial charge in [0, 0.05) is 25.5 Å². The zero-order valence-corrected chi connectivity index (χ0v) is 19.5. The molecule has 0 N–H and O–H groups in total. The van der Waals surface area contributed by atoms with Gasteiger partial charge < -0.3 is 14.0 Å². The molecule has 2 amide bonds. The van der Waals surface area contributed by atoms with Crippen LogP contribution in [0.2, 0.25) is 0 Å². The molecule has 0 unspecified atom stereocenters. The van der Waals surface area contributed by atoms with Crippen LogP contribution in [-0.4, -0.2) is 39.3 Å². The molecule has 4 rings (SSSR count). The Labute approximate surface area is 207 Å². The van der Waals surface area contributed by atoms with Gasteiger partial charge in [-0.25, -0.2) is 4.98 Å². The predicted molar refractivity (Wildman–Crippen MR) is 124 cm³/mol. The minimum absolute atomic E-state index is 0.00158. The number of nitriles is 1. The molecule has 0 radical (unpaired) electrons. The molecule has 36 heavy (non-hydrogen) atoms. The highest BCUT2D eigenvalue weighted by molar-refractivity contribution is 8.18. The number of carbonyl (C=O) groups is 2. The van der Waals surface area contributed by atoms with Crippen LogP contribution in [-0.2, 0) is 17.5 Å². The van der Waals surface area contributed by atoms with Crippen LogP contribution in [0.4, 0.5) is 18.0 Å². The highest BCUT2D eigenvalue weighted by Gasteiger charge is 2.36. The van der Waals surface area contributed by atoms with Crippen LogP contribution < -0.4 is 9.47 Å². The van der Waals surface area contributed by atoms with Crippen molar-refractivity contribution in [1.29, 1.82) is 5.26 Å². The SMILES string of the molecule is COc1cc(C=C2SC(=O)N(CCn3ccnc3)C2=O)ccc1Oc1ccc(C#N)cc1C(F)(F)F. The van der Waals surface area contributed by atoms with E-state index in [1.54, 1.807) is 29.4 Å². The number of carbonyl (C=O) groups excluding carboxylic acids is 2. The smallest absolute Gasteiger partial charge is 0.420 e. The van der Waals surface area contributed by atoms with Gasteiger partial charge in [0.05, 0.1) is 35.5 Å². The molecule has 1 fully saturated rings. The van der Waals surface area contributed by atoms with E-state index in [4.69, 9.17) is 14.7 Å². The van der Waals surface area contributed by atoms with Gasteiger partial charge in [0.1, 0.15) is 5.75 Å². The van der Waals surface area contributed by atoms with Gasteiger partial charge in [-0.05, 0) is 53.7 Å². The molecule has 1 aliphatic heterocycles. The van der Waals surface area contributed by atoms with Crippen LogP contribution in [0.25, 0.3) is 6.08 Å². The van der Waals surface area contributed by atoms with Gasteiger partial charge in [0.15, 0.2) is 11.5 Å². The van der Waals surface area contributed by atoms with E-state index in [1.165, 1.54) is 37.5 Å². The van der Waals surface area contributed by atoms with E-state index in [2.05, 4.69) is 4.98 Å². The second-order valence-electron chi connectivity index (χ2n) is 7.47. The quantitative estimate of drug-likeness (QED) is 0.394. The first-order chi connectivity index (χ1) is 17.2. The summed E-state index contributed by atoms with van der Waals surface area (Å²) in [6.07, 6.45) is 1.66. The third kappa shape index (κ3) is 5.36. The molecule has 0 saturated carbocycles. The number of methoxy groups -OCH3 is 1. The summed E-state index contributed by atoms with van der Waals surface area (Å²) in [6, 6.07) is 9.06. The molecule has 2 heterocycles. The number of thioether (sulfide) groups is 1. The van der Waals surface area contributed by atoms with Crippen molar-refractivity contribution in [1.82, 2.24) is 14.5 Å². The third-order valence-corrected chi connectivity index (χ3v) is 6.04. The summed E-state index contributed by atoms with van der Waals surface area (Å²) in [4.78, 5) is 30.3. The standard InChI is InChI=1S/C24H17F3N4O4S/c1-34-20-11-15(12-21-22(32)31(23(33)36-21)9-8-30-7-6-29-14-30)2-5-19(20)35-18-4-3-16(13-28)10-17(18)24(25,26)27/h2-7,10-12,14H,8-9H2,1H3. The number of alkyl halides is 3. The van der Waals surface area contributed by atoms with Crippen molar-refractivity contribution >= 4 is 29.0 Å². The van der Waals surface area contributed by atoms with Crippen molar-refractivity contribution in [3.05, 3.63) is 76.7 Å². The van der Waals surface area contributed by atoms with Crippen LogP contribution in [0.15, 0.2) is 60.0 Å². The zero-order chi connectivity index (χ0) is 25.9. The third-order valence-electron chi connectivity index (χ3n) is 5.13. The maximum atomic E-state index is 13.5. The lowest BCUT2D eigenvalue weighted by molar-refractivity contribution is -0.138. The lowest BCUT2D eigenvalue weighted by atomic mass is 10.1. The highest BCUT2D eigenvalue weighted by atomic mass is 32.2. The van der Waals surface area contributed by atoms with Gasteiger partial charge in [0.2, 0.25) is 0 Å². The van der Waals surface area contributed by atoms with Gasteiger partial charge in [-0.3, -0.25) is 14.5 Å². The number of aromatic nitrogens is 2. The lowest BCUT2D eigenvalue weighted by Gasteiger charge is -2.16. The second kappa shape index (κ2) is 10.2.